The Bertz CT molecular complexity index is 362. The van der Waals surface area contributed by atoms with Gasteiger partial charge in [0.15, 0.2) is 0 Å². The van der Waals surface area contributed by atoms with Crippen LogP contribution < -0.4 is 5.32 Å². The fourth-order valence-electron chi connectivity index (χ4n) is 3.02. The summed E-state index contributed by atoms with van der Waals surface area (Å²) in [5.74, 6) is -0.189. The van der Waals surface area contributed by atoms with Crippen LogP contribution in [0.15, 0.2) is 0 Å². The van der Waals surface area contributed by atoms with E-state index in [1.165, 1.54) is 0 Å². The largest absolute Gasteiger partial charge is 0.465 e. The SMILES string of the molecule is CO[C@H]1C[C@H](O)CC[C@H]1N1CC[C@H](NC(=O)O)C1=O. The topological polar surface area (TPSA) is 99.1 Å². The number of hydrogen-bond donors (Lipinski definition) is 3. The van der Waals surface area contributed by atoms with Crippen molar-refractivity contribution in [3.63, 3.8) is 0 Å². The van der Waals surface area contributed by atoms with Gasteiger partial charge in [0, 0.05) is 20.1 Å². The molecular weight excluding hydrogens is 252 g/mol. The van der Waals surface area contributed by atoms with Gasteiger partial charge in [-0.1, -0.05) is 0 Å². The number of rotatable bonds is 3. The van der Waals surface area contributed by atoms with Gasteiger partial charge in [-0.3, -0.25) is 4.79 Å². The van der Waals surface area contributed by atoms with E-state index in [0.29, 0.717) is 32.2 Å². The number of carbonyl (C=O) groups is 2. The van der Waals surface area contributed by atoms with Gasteiger partial charge in [-0.15, -0.1) is 0 Å². The van der Waals surface area contributed by atoms with E-state index >= 15 is 0 Å². The van der Waals surface area contributed by atoms with Crippen LogP contribution in [0.25, 0.3) is 0 Å². The van der Waals surface area contributed by atoms with Crippen LogP contribution in [-0.4, -0.2) is 65.1 Å². The number of aliphatic hydroxyl groups excluding tert-OH is 1. The number of carboxylic acid groups (broad SMARTS) is 1. The molecule has 0 aromatic rings. The quantitative estimate of drug-likeness (QED) is 0.660. The van der Waals surface area contributed by atoms with Crippen molar-refractivity contribution in [2.24, 2.45) is 0 Å². The van der Waals surface area contributed by atoms with E-state index in [9.17, 15) is 14.7 Å². The fourth-order valence-corrected chi connectivity index (χ4v) is 3.02. The van der Waals surface area contributed by atoms with Gasteiger partial charge in [-0.05, 0) is 19.3 Å². The lowest BCUT2D eigenvalue weighted by molar-refractivity contribution is -0.136. The molecule has 1 saturated carbocycles. The highest BCUT2D eigenvalue weighted by molar-refractivity contribution is 5.87. The van der Waals surface area contributed by atoms with Gasteiger partial charge in [0.1, 0.15) is 6.04 Å². The van der Waals surface area contributed by atoms with Gasteiger partial charge in [0.25, 0.3) is 0 Å². The Morgan fingerprint density at radius 2 is 2.16 bits per heavy atom. The molecule has 7 nitrogen and oxygen atoms in total. The summed E-state index contributed by atoms with van der Waals surface area (Å²) in [4.78, 5) is 24.5. The monoisotopic (exact) mass is 272 g/mol. The number of aliphatic hydroxyl groups is 1. The van der Waals surface area contributed by atoms with Crippen LogP contribution in [0.1, 0.15) is 25.7 Å². The van der Waals surface area contributed by atoms with Crippen molar-refractivity contribution < 1.29 is 24.5 Å². The molecule has 7 heteroatoms. The first-order valence-corrected chi connectivity index (χ1v) is 6.53. The number of hydrogen-bond acceptors (Lipinski definition) is 4. The second kappa shape index (κ2) is 5.75. The summed E-state index contributed by atoms with van der Waals surface area (Å²) in [5, 5.41) is 20.6. The molecule has 1 aliphatic carbocycles. The molecule has 0 bridgehead atoms. The molecule has 0 aromatic carbocycles. The van der Waals surface area contributed by atoms with Crippen molar-refractivity contribution in [2.75, 3.05) is 13.7 Å². The van der Waals surface area contributed by atoms with E-state index in [4.69, 9.17) is 9.84 Å². The molecule has 1 heterocycles. The van der Waals surface area contributed by atoms with Crippen LogP contribution in [0.4, 0.5) is 4.79 Å². The Hall–Kier alpha value is -1.34. The maximum atomic E-state index is 12.2. The summed E-state index contributed by atoms with van der Waals surface area (Å²) in [6.07, 6.45) is 0.588. The Morgan fingerprint density at radius 3 is 2.79 bits per heavy atom. The number of carbonyl (C=O) groups excluding carboxylic acids is 1. The summed E-state index contributed by atoms with van der Waals surface area (Å²) in [6.45, 7) is 0.532. The Balaban J connectivity index is 2.01. The van der Waals surface area contributed by atoms with Crippen LogP contribution in [0, 0.1) is 0 Å². The smallest absolute Gasteiger partial charge is 0.405 e. The molecule has 1 aliphatic heterocycles. The van der Waals surface area contributed by atoms with E-state index < -0.39 is 12.1 Å². The zero-order valence-corrected chi connectivity index (χ0v) is 10.9. The second-order valence-electron chi connectivity index (χ2n) is 5.13. The molecule has 108 valence electrons. The molecule has 2 aliphatic rings. The van der Waals surface area contributed by atoms with Crippen LogP contribution in [0.3, 0.4) is 0 Å². The third-order valence-electron chi connectivity index (χ3n) is 3.97. The standard InChI is InChI=1S/C12H20N2O5/c1-19-10-6-7(15)2-3-9(10)14-5-4-8(11(14)16)13-12(17)18/h7-10,13,15H,2-6H2,1H3,(H,17,18)/t7-,8+,9-,10+/m1/s1. The molecule has 0 unspecified atom stereocenters. The van der Waals surface area contributed by atoms with Gasteiger partial charge >= 0.3 is 6.09 Å². The van der Waals surface area contributed by atoms with Crippen molar-refractivity contribution in [1.29, 1.82) is 0 Å². The number of likely N-dealkylation sites (tertiary alicyclic amines) is 1. The normalized spacial score (nSPS) is 35.5. The maximum Gasteiger partial charge on any atom is 0.405 e. The predicted octanol–water partition coefficient (Wildman–Crippen LogP) is -0.217. The van der Waals surface area contributed by atoms with Gasteiger partial charge < -0.3 is 25.2 Å². The molecule has 3 N–H and O–H groups in total. The summed E-state index contributed by atoms with van der Waals surface area (Å²) in [5.41, 5.74) is 0. The predicted molar refractivity (Wildman–Crippen MR) is 65.7 cm³/mol. The molecule has 0 aromatic heterocycles. The minimum Gasteiger partial charge on any atom is -0.465 e. The zero-order valence-electron chi connectivity index (χ0n) is 10.9. The third-order valence-corrected chi connectivity index (χ3v) is 3.97. The molecule has 4 atom stereocenters. The van der Waals surface area contributed by atoms with Gasteiger partial charge in [0.05, 0.1) is 18.2 Å². The van der Waals surface area contributed by atoms with E-state index in [-0.39, 0.29) is 24.2 Å². The summed E-state index contributed by atoms with van der Waals surface area (Å²) < 4.78 is 5.36. The molecular formula is C12H20N2O5. The highest BCUT2D eigenvalue weighted by Gasteiger charge is 2.42. The van der Waals surface area contributed by atoms with E-state index in [0.717, 1.165) is 0 Å². The number of nitrogens with zero attached hydrogens (tertiary/aromatic N) is 1. The Morgan fingerprint density at radius 1 is 1.42 bits per heavy atom. The number of methoxy groups -OCH3 is 1. The van der Waals surface area contributed by atoms with E-state index in [1.54, 1.807) is 12.0 Å². The lowest BCUT2D eigenvalue weighted by Crippen LogP contribution is -2.51. The maximum absolute atomic E-state index is 12.2. The minimum atomic E-state index is -1.18. The van der Waals surface area contributed by atoms with Crippen molar-refractivity contribution in [3.05, 3.63) is 0 Å². The van der Waals surface area contributed by atoms with Gasteiger partial charge in [0.2, 0.25) is 5.91 Å². The van der Waals surface area contributed by atoms with Crippen LogP contribution in [-0.2, 0) is 9.53 Å². The van der Waals surface area contributed by atoms with Crippen molar-refractivity contribution in [1.82, 2.24) is 10.2 Å². The van der Waals surface area contributed by atoms with E-state index in [1.807, 2.05) is 0 Å². The highest BCUT2D eigenvalue weighted by Crippen LogP contribution is 2.28. The first kappa shape index (κ1) is 14.1. The highest BCUT2D eigenvalue weighted by atomic mass is 16.5. The lowest BCUT2D eigenvalue weighted by atomic mass is 9.89. The van der Waals surface area contributed by atoms with E-state index in [2.05, 4.69) is 5.32 Å². The number of ether oxygens (including phenoxy) is 1. The minimum absolute atomic E-state index is 0.0681. The average molecular weight is 272 g/mol. The van der Waals surface area contributed by atoms with Crippen LogP contribution >= 0.6 is 0 Å². The summed E-state index contributed by atoms with van der Waals surface area (Å²) in [6, 6.07) is -0.719. The first-order valence-electron chi connectivity index (χ1n) is 6.53. The van der Waals surface area contributed by atoms with Crippen molar-refractivity contribution in [2.45, 2.75) is 50.0 Å². The molecule has 2 amide bonds. The molecule has 2 fully saturated rings. The summed E-state index contributed by atoms with van der Waals surface area (Å²) in [7, 11) is 1.57. The Kier molecular flexibility index (Phi) is 4.26. The average Bonchev–Trinajstić information content (AvgIpc) is 2.70. The first-order chi connectivity index (χ1) is 9.02. The molecule has 19 heavy (non-hydrogen) atoms. The Labute approximate surface area is 111 Å². The van der Waals surface area contributed by atoms with Gasteiger partial charge in [-0.25, -0.2) is 4.79 Å². The van der Waals surface area contributed by atoms with Gasteiger partial charge in [-0.2, -0.15) is 0 Å². The second-order valence-corrected chi connectivity index (χ2v) is 5.13. The van der Waals surface area contributed by atoms with Crippen LogP contribution in [0.2, 0.25) is 0 Å². The number of amides is 2. The molecule has 1 saturated heterocycles. The third kappa shape index (κ3) is 2.98. The zero-order chi connectivity index (χ0) is 14.0. The molecule has 0 spiro atoms. The van der Waals surface area contributed by atoms with Crippen molar-refractivity contribution >= 4 is 12.0 Å². The lowest BCUT2D eigenvalue weighted by Gasteiger charge is -2.38. The van der Waals surface area contributed by atoms with Crippen LogP contribution in [0.5, 0.6) is 0 Å². The fraction of sp³-hybridized carbons (Fsp3) is 0.833. The van der Waals surface area contributed by atoms with Crippen molar-refractivity contribution in [3.8, 4) is 0 Å². The summed E-state index contributed by atoms with van der Waals surface area (Å²) >= 11 is 0. The molecule has 0 radical (unpaired) electrons. The number of nitrogens with one attached hydrogen (secondary N) is 1. The molecule has 2 rings (SSSR count).